The highest BCUT2D eigenvalue weighted by Crippen LogP contribution is 2.39. The minimum atomic E-state index is -0.334. The van der Waals surface area contributed by atoms with Crippen molar-refractivity contribution in [2.24, 2.45) is 0 Å². The van der Waals surface area contributed by atoms with Gasteiger partial charge in [-0.3, -0.25) is 4.79 Å². The van der Waals surface area contributed by atoms with Gasteiger partial charge in [-0.2, -0.15) is 0 Å². The number of benzene rings is 1. The molecule has 0 radical (unpaired) electrons. The first-order chi connectivity index (χ1) is 10.2. The molecule has 1 amide bonds. The summed E-state index contributed by atoms with van der Waals surface area (Å²) in [4.78, 5) is 12.0. The summed E-state index contributed by atoms with van der Waals surface area (Å²) in [6.45, 7) is 4.11. The minimum absolute atomic E-state index is 0.0499. The molecule has 1 aromatic carbocycles. The molecule has 1 aromatic rings. The molecular weight excluding hydrogens is 292 g/mol. The quantitative estimate of drug-likeness (QED) is 0.897. The predicted molar refractivity (Wildman–Crippen MR) is 81.0 cm³/mol. The van der Waals surface area contributed by atoms with E-state index in [1.807, 2.05) is 19.1 Å². The summed E-state index contributed by atoms with van der Waals surface area (Å²) in [7, 11) is 0. The van der Waals surface area contributed by atoms with E-state index in [9.17, 15) is 4.79 Å². The van der Waals surface area contributed by atoms with Crippen LogP contribution in [0.15, 0.2) is 12.1 Å². The second kappa shape index (κ2) is 6.22. The van der Waals surface area contributed by atoms with Gasteiger partial charge in [-0.15, -0.1) is 0 Å². The zero-order chi connectivity index (χ0) is 14.8. The monoisotopic (exact) mass is 310 g/mol. The summed E-state index contributed by atoms with van der Waals surface area (Å²) in [5.41, 5.74) is 1.66. The number of carbonyl (C=O) groups excluding carboxylic acids is 1. The largest absolute Gasteiger partial charge is 0.489 e. The van der Waals surface area contributed by atoms with Crippen molar-refractivity contribution in [3.05, 3.63) is 22.7 Å². The van der Waals surface area contributed by atoms with Gasteiger partial charge < -0.3 is 20.1 Å². The van der Waals surface area contributed by atoms with Crippen LogP contribution >= 0.6 is 11.6 Å². The van der Waals surface area contributed by atoms with E-state index in [0.29, 0.717) is 24.0 Å². The number of carbonyl (C=O) groups is 1. The average molecular weight is 311 g/mol. The summed E-state index contributed by atoms with van der Waals surface area (Å²) >= 11 is 6.32. The van der Waals surface area contributed by atoms with Gasteiger partial charge in [0.15, 0.2) is 0 Å². The Morgan fingerprint density at radius 1 is 1.43 bits per heavy atom. The molecule has 5 nitrogen and oxygen atoms in total. The van der Waals surface area contributed by atoms with Crippen molar-refractivity contribution in [3.63, 3.8) is 0 Å². The fourth-order valence-corrected chi connectivity index (χ4v) is 2.95. The smallest absolute Gasteiger partial charge is 0.246 e. The maximum Gasteiger partial charge on any atom is 0.246 e. The van der Waals surface area contributed by atoms with Gasteiger partial charge in [0.1, 0.15) is 17.9 Å². The van der Waals surface area contributed by atoms with Crippen LogP contribution in [-0.4, -0.2) is 31.8 Å². The summed E-state index contributed by atoms with van der Waals surface area (Å²) in [5.74, 6) is 0.575. The zero-order valence-electron chi connectivity index (χ0n) is 11.9. The second-order valence-corrected chi connectivity index (χ2v) is 5.69. The van der Waals surface area contributed by atoms with Crippen molar-refractivity contribution in [2.75, 3.05) is 25.1 Å². The summed E-state index contributed by atoms with van der Waals surface area (Å²) in [6.07, 6.45) is 1.84. The van der Waals surface area contributed by atoms with Gasteiger partial charge in [0, 0.05) is 30.2 Å². The van der Waals surface area contributed by atoms with Gasteiger partial charge in [0.25, 0.3) is 0 Å². The molecule has 21 heavy (non-hydrogen) atoms. The molecule has 6 heteroatoms. The second-order valence-electron chi connectivity index (χ2n) is 5.28. The zero-order valence-corrected chi connectivity index (χ0v) is 12.7. The molecule has 0 aromatic heterocycles. The average Bonchev–Trinajstić information content (AvgIpc) is 2.77. The molecule has 1 atom stereocenters. The Kier molecular flexibility index (Phi) is 4.33. The third-order valence-electron chi connectivity index (χ3n) is 3.81. The molecule has 2 N–H and O–H groups in total. The van der Waals surface area contributed by atoms with Gasteiger partial charge in [-0.1, -0.05) is 18.5 Å². The maximum atomic E-state index is 12.0. The van der Waals surface area contributed by atoms with E-state index in [1.165, 1.54) is 0 Å². The molecule has 2 heterocycles. The normalized spacial score (nSPS) is 22.0. The molecule has 0 bridgehead atoms. The number of fused-ring (bicyclic) bond motifs is 1. The summed E-state index contributed by atoms with van der Waals surface area (Å²) in [5, 5.41) is 6.56. The molecule has 1 unspecified atom stereocenters. The number of hydrogen-bond acceptors (Lipinski definition) is 4. The van der Waals surface area contributed by atoms with E-state index in [4.69, 9.17) is 21.1 Å². The van der Waals surface area contributed by atoms with Crippen LogP contribution < -0.4 is 15.4 Å². The molecule has 0 aliphatic carbocycles. The minimum Gasteiger partial charge on any atom is -0.489 e. The number of halogens is 1. The van der Waals surface area contributed by atoms with E-state index in [2.05, 4.69) is 10.6 Å². The number of rotatable bonds is 4. The SMILES string of the molecule is CCNC1C(=O)Nc2cc(OC3CCOCC3)c(Cl)cc21. The topological polar surface area (TPSA) is 59.6 Å². The highest BCUT2D eigenvalue weighted by molar-refractivity contribution is 6.32. The van der Waals surface area contributed by atoms with Crippen LogP contribution in [0.25, 0.3) is 0 Å². The Hall–Kier alpha value is -1.30. The Morgan fingerprint density at radius 2 is 2.19 bits per heavy atom. The number of amides is 1. The van der Waals surface area contributed by atoms with E-state index >= 15 is 0 Å². The molecule has 114 valence electrons. The van der Waals surface area contributed by atoms with Gasteiger partial charge in [-0.25, -0.2) is 0 Å². The highest BCUT2D eigenvalue weighted by atomic mass is 35.5. The first-order valence-electron chi connectivity index (χ1n) is 7.31. The van der Waals surface area contributed by atoms with Gasteiger partial charge in [0.05, 0.1) is 18.2 Å². The Balaban J connectivity index is 1.81. The first-order valence-corrected chi connectivity index (χ1v) is 7.69. The molecule has 2 aliphatic rings. The van der Waals surface area contributed by atoms with E-state index in [-0.39, 0.29) is 18.1 Å². The molecule has 1 fully saturated rings. The third-order valence-corrected chi connectivity index (χ3v) is 4.10. The first kappa shape index (κ1) is 14.6. The number of hydrogen-bond donors (Lipinski definition) is 2. The van der Waals surface area contributed by atoms with Crippen molar-refractivity contribution in [3.8, 4) is 5.75 Å². The van der Waals surface area contributed by atoms with Crippen LogP contribution in [0.2, 0.25) is 5.02 Å². The van der Waals surface area contributed by atoms with E-state index in [0.717, 1.165) is 30.6 Å². The standard InChI is InChI=1S/C15H19ClN2O3/c1-2-17-14-10-7-11(16)13(8-12(10)18-15(14)19)21-9-3-5-20-6-4-9/h7-9,14,17H,2-6H2,1H3,(H,18,19). The molecular formula is C15H19ClN2O3. The molecule has 1 saturated heterocycles. The number of ether oxygens (including phenoxy) is 2. The Bertz CT molecular complexity index is 544. The lowest BCUT2D eigenvalue weighted by Crippen LogP contribution is -2.27. The maximum absolute atomic E-state index is 12.0. The van der Waals surface area contributed by atoms with Crippen molar-refractivity contribution in [1.29, 1.82) is 0 Å². The van der Waals surface area contributed by atoms with Crippen LogP contribution in [-0.2, 0) is 9.53 Å². The molecule has 0 saturated carbocycles. The van der Waals surface area contributed by atoms with Crippen LogP contribution in [0, 0.1) is 0 Å². The summed E-state index contributed by atoms with van der Waals surface area (Å²) < 4.78 is 11.3. The molecule has 0 spiro atoms. The van der Waals surface area contributed by atoms with Gasteiger partial charge in [0.2, 0.25) is 5.91 Å². The lowest BCUT2D eigenvalue weighted by atomic mass is 10.1. The van der Waals surface area contributed by atoms with E-state index < -0.39 is 0 Å². The highest BCUT2D eigenvalue weighted by Gasteiger charge is 2.31. The van der Waals surface area contributed by atoms with Crippen molar-refractivity contribution < 1.29 is 14.3 Å². The van der Waals surface area contributed by atoms with Crippen LogP contribution in [0.5, 0.6) is 5.75 Å². The fraction of sp³-hybridized carbons (Fsp3) is 0.533. The van der Waals surface area contributed by atoms with Crippen LogP contribution in [0.4, 0.5) is 5.69 Å². The van der Waals surface area contributed by atoms with Crippen LogP contribution in [0.1, 0.15) is 31.4 Å². The molecule has 3 rings (SSSR count). The van der Waals surface area contributed by atoms with Gasteiger partial charge in [-0.05, 0) is 12.6 Å². The van der Waals surface area contributed by atoms with Gasteiger partial charge >= 0.3 is 0 Å². The number of anilines is 1. The number of nitrogens with one attached hydrogen (secondary N) is 2. The Labute approximate surface area is 128 Å². The van der Waals surface area contributed by atoms with E-state index in [1.54, 1.807) is 0 Å². The van der Waals surface area contributed by atoms with Crippen molar-refractivity contribution in [1.82, 2.24) is 5.32 Å². The predicted octanol–water partition coefficient (Wildman–Crippen LogP) is 2.50. The number of likely N-dealkylation sites (N-methyl/N-ethyl adjacent to an activating group) is 1. The Morgan fingerprint density at radius 3 is 2.90 bits per heavy atom. The van der Waals surface area contributed by atoms with Crippen molar-refractivity contribution >= 4 is 23.2 Å². The molecule has 2 aliphatic heterocycles. The lowest BCUT2D eigenvalue weighted by molar-refractivity contribution is -0.117. The van der Waals surface area contributed by atoms with Crippen molar-refractivity contribution in [2.45, 2.75) is 31.9 Å². The fourth-order valence-electron chi connectivity index (χ4n) is 2.73. The third kappa shape index (κ3) is 3.00. The van der Waals surface area contributed by atoms with Crippen LogP contribution in [0.3, 0.4) is 0 Å². The summed E-state index contributed by atoms with van der Waals surface area (Å²) in [6, 6.07) is 3.30. The lowest BCUT2D eigenvalue weighted by Gasteiger charge is -2.24.